The number of benzene rings is 1. The van der Waals surface area contributed by atoms with Crippen LogP contribution >= 0.6 is 0 Å². The number of nitrogens with one attached hydrogen (secondary N) is 3. The van der Waals surface area contributed by atoms with Crippen LogP contribution in [0.15, 0.2) is 36.4 Å². The van der Waals surface area contributed by atoms with E-state index in [9.17, 15) is 28.8 Å². The smallest absolute Gasteiger partial charge is 0.311 e. The predicted molar refractivity (Wildman–Crippen MR) is 139 cm³/mol. The standard InChI is InChI=1S/C27H36N4O7/c1-17(2)24(30-20(32)7-6-14-31-22(34)12-13-23(31)35)25(36)28-15-21(33)29-19-10-8-18(9-11-19)16-38-26(37)27(3,4)5/h8-13,17,24H,6-7,14-16H2,1-5H3,(H,28,36)(H,29,33)(H,30,32). The fourth-order valence-corrected chi connectivity index (χ4v) is 3.36. The number of imide groups is 1. The van der Waals surface area contributed by atoms with Gasteiger partial charge in [0.25, 0.3) is 11.8 Å². The Balaban J connectivity index is 1.76. The maximum Gasteiger partial charge on any atom is 0.311 e. The van der Waals surface area contributed by atoms with Gasteiger partial charge in [-0.1, -0.05) is 26.0 Å². The first-order chi connectivity index (χ1) is 17.8. The molecule has 5 amide bonds. The molecule has 1 aliphatic rings. The van der Waals surface area contributed by atoms with Gasteiger partial charge in [-0.2, -0.15) is 0 Å². The van der Waals surface area contributed by atoms with E-state index < -0.39 is 41.0 Å². The Hall–Kier alpha value is -4.02. The number of esters is 1. The van der Waals surface area contributed by atoms with E-state index in [4.69, 9.17) is 4.74 Å². The Morgan fingerprint density at radius 3 is 2.11 bits per heavy atom. The Morgan fingerprint density at radius 1 is 0.947 bits per heavy atom. The number of hydrogen-bond donors (Lipinski definition) is 3. The molecule has 0 radical (unpaired) electrons. The number of carbonyl (C=O) groups is 6. The molecule has 0 fully saturated rings. The molecule has 1 unspecified atom stereocenters. The number of hydrogen-bond acceptors (Lipinski definition) is 7. The monoisotopic (exact) mass is 528 g/mol. The van der Waals surface area contributed by atoms with Gasteiger partial charge in [-0.05, 0) is 50.8 Å². The first-order valence-electron chi connectivity index (χ1n) is 12.4. The number of amides is 5. The zero-order valence-electron chi connectivity index (χ0n) is 22.5. The summed E-state index contributed by atoms with van der Waals surface area (Å²) >= 11 is 0. The molecule has 11 nitrogen and oxygen atoms in total. The van der Waals surface area contributed by atoms with Crippen molar-refractivity contribution in [2.24, 2.45) is 11.3 Å². The average Bonchev–Trinajstić information content (AvgIpc) is 3.16. The minimum absolute atomic E-state index is 0.0272. The van der Waals surface area contributed by atoms with Gasteiger partial charge in [0, 0.05) is 30.8 Å². The van der Waals surface area contributed by atoms with Gasteiger partial charge in [-0.15, -0.1) is 0 Å². The van der Waals surface area contributed by atoms with Crippen LogP contribution in [0.25, 0.3) is 0 Å². The summed E-state index contributed by atoms with van der Waals surface area (Å²) < 4.78 is 5.27. The first-order valence-corrected chi connectivity index (χ1v) is 12.4. The molecule has 1 atom stereocenters. The minimum atomic E-state index is -0.859. The minimum Gasteiger partial charge on any atom is -0.460 e. The van der Waals surface area contributed by atoms with Crippen LogP contribution in [0.4, 0.5) is 5.69 Å². The number of rotatable bonds is 12. The lowest BCUT2D eigenvalue weighted by Crippen LogP contribution is -2.51. The van der Waals surface area contributed by atoms with Crippen molar-refractivity contribution >= 4 is 41.2 Å². The summed E-state index contributed by atoms with van der Waals surface area (Å²) in [6.45, 7) is 8.77. The SMILES string of the molecule is CC(C)C(NC(=O)CCCN1C(=O)C=CC1=O)C(=O)NCC(=O)Nc1ccc(COC(=O)C(C)(C)C)cc1. The van der Waals surface area contributed by atoms with Crippen LogP contribution < -0.4 is 16.0 Å². The van der Waals surface area contributed by atoms with E-state index >= 15 is 0 Å². The summed E-state index contributed by atoms with van der Waals surface area (Å²) in [5, 5.41) is 7.85. The highest BCUT2D eigenvalue weighted by atomic mass is 16.5. The summed E-state index contributed by atoms with van der Waals surface area (Å²) in [4.78, 5) is 73.4. The Kier molecular flexibility index (Phi) is 10.7. The van der Waals surface area contributed by atoms with Crippen molar-refractivity contribution in [3.63, 3.8) is 0 Å². The molecule has 1 aliphatic heterocycles. The number of carbonyl (C=O) groups excluding carboxylic acids is 6. The van der Waals surface area contributed by atoms with E-state index in [1.807, 2.05) is 0 Å². The molecule has 0 spiro atoms. The van der Waals surface area contributed by atoms with Crippen LogP contribution in [0.2, 0.25) is 0 Å². The van der Waals surface area contributed by atoms with Gasteiger partial charge in [0.15, 0.2) is 0 Å². The first kappa shape index (κ1) is 30.2. The second-order valence-corrected chi connectivity index (χ2v) is 10.3. The Labute approximate surface area is 222 Å². The number of nitrogens with zero attached hydrogens (tertiary/aromatic N) is 1. The van der Waals surface area contributed by atoms with Crippen LogP contribution in [0.1, 0.15) is 53.0 Å². The molecule has 3 N–H and O–H groups in total. The van der Waals surface area contributed by atoms with E-state index in [-0.39, 0.29) is 44.4 Å². The molecule has 11 heteroatoms. The maximum absolute atomic E-state index is 12.6. The second-order valence-electron chi connectivity index (χ2n) is 10.3. The van der Waals surface area contributed by atoms with E-state index in [2.05, 4.69) is 16.0 Å². The van der Waals surface area contributed by atoms with Gasteiger partial charge in [-0.3, -0.25) is 33.7 Å². The molecule has 1 aromatic rings. The molecular formula is C27H36N4O7. The summed E-state index contributed by atoms with van der Waals surface area (Å²) in [5.74, 6) is -2.73. The molecule has 206 valence electrons. The normalized spacial score (nSPS) is 13.9. The van der Waals surface area contributed by atoms with Crippen molar-refractivity contribution < 1.29 is 33.5 Å². The lowest BCUT2D eigenvalue weighted by atomic mass is 9.97. The van der Waals surface area contributed by atoms with Gasteiger partial charge in [0.1, 0.15) is 12.6 Å². The van der Waals surface area contributed by atoms with Crippen LogP contribution in [0, 0.1) is 11.3 Å². The van der Waals surface area contributed by atoms with E-state index in [1.165, 1.54) is 12.2 Å². The number of ether oxygens (including phenoxy) is 1. The highest BCUT2D eigenvalue weighted by Gasteiger charge is 2.26. The van der Waals surface area contributed by atoms with E-state index in [0.29, 0.717) is 5.69 Å². The fourth-order valence-electron chi connectivity index (χ4n) is 3.36. The van der Waals surface area contributed by atoms with Crippen LogP contribution in [0.3, 0.4) is 0 Å². The van der Waals surface area contributed by atoms with Crippen LogP contribution in [-0.2, 0) is 40.1 Å². The summed E-state index contributed by atoms with van der Waals surface area (Å²) in [5.41, 5.74) is 0.679. The molecule has 2 rings (SSSR count). The summed E-state index contributed by atoms with van der Waals surface area (Å²) in [7, 11) is 0. The van der Waals surface area contributed by atoms with Crippen LogP contribution in [0.5, 0.6) is 0 Å². The molecule has 38 heavy (non-hydrogen) atoms. The molecule has 0 aromatic heterocycles. The quantitative estimate of drug-likeness (QED) is 0.276. The molecular weight excluding hydrogens is 492 g/mol. The molecule has 0 aliphatic carbocycles. The molecule has 1 aromatic carbocycles. The third-order valence-electron chi connectivity index (χ3n) is 5.59. The lowest BCUT2D eigenvalue weighted by molar-refractivity contribution is -0.154. The van der Waals surface area contributed by atoms with Gasteiger partial charge in [0.05, 0.1) is 12.0 Å². The highest BCUT2D eigenvalue weighted by molar-refractivity contribution is 6.12. The van der Waals surface area contributed by atoms with Crippen molar-refractivity contribution in [2.75, 3.05) is 18.4 Å². The Morgan fingerprint density at radius 2 is 1.55 bits per heavy atom. The van der Waals surface area contributed by atoms with E-state index in [1.54, 1.807) is 58.9 Å². The topological polar surface area (TPSA) is 151 Å². The predicted octanol–water partition coefficient (Wildman–Crippen LogP) is 1.68. The highest BCUT2D eigenvalue weighted by Crippen LogP contribution is 2.17. The van der Waals surface area contributed by atoms with Crippen molar-refractivity contribution in [1.82, 2.24) is 15.5 Å². The van der Waals surface area contributed by atoms with Gasteiger partial charge >= 0.3 is 5.97 Å². The number of anilines is 1. The molecule has 0 bridgehead atoms. The van der Waals surface area contributed by atoms with Crippen molar-refractivity contribution in [3.05, 3.63) is 42.0 Å². The fraction of sp³-hybridized carbons (Fsp3) is 0.481. The maximum atomic E-state index is 12.6. The third kappa shape index (κ3) is 9.45. The van der Waals surface area contributed by atoms with E-state index in [0.717, 1.165) is 10.5 Å². The van der Waals surface area contributed by atoms with Crippen molar-refractivity contribution in [2.45, 2.75) is 60.1 Å². The second kappa shape index (κ2) is 13.5. The van der Waals surface area contributed by atoms with Gasteiger partial charge in [0.2, 0.25) is 17.7 Å². The molecule has 0 saturated heterocycles. The summed E-state index contributed by atoms with van der Waals surface area (Å²) in [6.07, 6.45) is 2.65. The zero-order valence-corrected chi connectivity index (χ0v) is 22.5. The van der Waals surface area contributed by atoms with Crippen molar-refractivity contribution in [3.8, 4) is 0 Å². The zero-order chi connectivity index (χ0) is 28.5. The average molecular weight is 529 g/mol. The third-order valence-corrected chi connectivity index (χ3v) is 5.59. The largest absolute Gasteiger partial charge is 0.460 e. The molecule has 0 saturated carbocycles. The molecule has 1 heterocycles. The van der Waals surface area contributed by atoms with Crippen molar-refractivity contribution in [1.29, 1.82) is 0 Å². The van der Waals surface area contributed by atoms with Gasteiger partial charge in [-0.25, -0.2) is 0 Å². The lowest BCUT2D eigenvalue weighted by Gasteiger charge is -2.22. The Bertz CT molecular complexity index is 1070. The van der Waals surface area contributed by atoms with Gasteiger partial charge < -0.3 is 20.7 Å². The van der Waals surface area contributed by atoms with Crippen LogP contribution in [-0.4, -0.2) is 59.5 Å². The summed E-state index contributed by atoms with van der Waals surface area (Å²) in [6, 6.07) is 5.91.